The number of fused-ring (bicyclic) bond motifs is 3. The fraction of sp³-hybridized carbons (Fsp3) is 0.0968. The van der Waals surface area contributed by atoms with Crippen molar-refractivity contribution in [1.29, 1.82) is 0 Å². The molecule has 0 amide bonds. The van der Waals surface area contributed by atoms with Crippen LogP contribution >= 0.6 is 0 Å². The summed E-state index contributed by atoms with van der Waals surface area (Å²) >= 11 is 0. The molecule has 6 rings (SSSR count). The second kappa shape index (κ2) is 11.1. The zero-order valence-corrected chi connectivity index (χ0v) is 23.8. The Balaban J connectivity index is 0.000000208. The Morgan fingerprint density at radius 2 is 1.58 bits per heavy atom. The van der Waals surface area contributed by atoms with Crippen molar-refractivity contribution < 1.29 is 25.9 Å². The van der Waals surface area contributed by atoms with Crippen LogP contribution in [-0.4, -0.2) is 18.0 Å². The maximum Gasteiger partial charge on any atom is 0.120 e. The van der Waals surface area contributed by atoms with Crippen LogP contribution in [0.4, 0.5) is 0 Å². The number of rotatable bonds is 3. The molecule has 0 aliphatic carbocycles. The van der Waals surface area contributed by atoms with E-state index in [1.54, 1.807) is 24.5 Å². The van der Waals surface area contributed by atoms with Crippen molar-refractivity contribution in [3.8, 4) is 22.5 Å². The molecule has 181 valence electrons. The van der Waals surface area contributed by atoms with Crippen LogP contribution in [0.2, 0.25) is 19.6 Å². The van der Waals surface area contributed by atoms with Crippen LogP contribution in [-0.2, 0) is 20.1 Å². The van der Waals surface area contributed by atoms with Crippen molar-refractivity contribution >= 4 is 35.2 Å². The summed E-state index contributed by atoms with van der Waals surface area (Å²) in [5.74, 6) is 0. The molecule has 0 saturated carbocycles. The molecule has 0 bridgehead atoms. The van der Waals surface area contributed by atoms with E-state index in [0.717, 1.165) is 44.5 Å². The summed E-state index contributed by atoms with van der Waals surface area (Å²) in [6.45, 7) is 7.04. The van der Waals surface area contributed by atoms with E-state index >= 15 is 0 Å². The fourth-order valence-corrected chi connectivity index (χ4v) is 5.10. The minimum Gasteiger partial charge on any atom is -0.501 e. The van der Waals surface area contributed by atoms with Crippen molar-refractivity contribution in [3.63, 3.8) is 0 Å². The van der Waals surface area contributed by atoms with E-state index in [-0.39, 0.29) is 20.1 Å². The molecule has 6 aromatic rings. The van der Waals surface area contributed by atoms with E-state index in [1.807, 2.05) is 54.6 Å². The number of pyridine rings is 2. The van der Waals surface area contributed by atoms with Gasteiger partial charge in [-0.25, -0.2) is 0 Å². The van der Waals surface area contributed by atoms with E-state index in [9.17, 15) is 0 Å². The van der Waals surface area contributed by atoms with Crippen LogP contribution in [0.1, 0.15) is 1.37 Å². The molecular weight excluding hydrogens is 637 g/mol. The van der Waals surface area contributed by atoms with Crippen LogP contribution in [0.25, 0.3) is 44.5 Å². The Bertz CT molecular complexity index is 1590. The third kappa shape index (κ3) is 5.54. The maximum absolute atomic E-state index is 7.82. The zero-order valence-electron chi connectivity index (χ0n) is 21.4. The monoisotopic (exact) mass is 664 g/mol. The topological polar surface area (TPSA) is 38.9 Å². The molecule has 3 aromatic heterocycles. The Kier molecular flexibility index (Phi) is 7.52. The van der Waals surface area contributed by atoms with Gasteiger partial charge in [-0.15, -0.1) is 54.1 Å². The smallest absolute Gasteiger partial charge is 0.120 e. The average Bonchev–Trinajstić information content (AvgIpc) is 3.28. The number of furan rings is 1. The molecule has 0 aliphatic rings. The number of benzene rings is 3. The number of hydrogen-bond acceptors (Lipinski definition) is 3. The minimum atomic E-state index is -1.38. The summed E-state index contributed by atoms with van der Waals surface area (Å²) in [6.07, 6.45) is 3.44. The average molecular weight is 664 g/mol. The van der Waals surface area contributed by atoms with Crippen molar-refractivity contribution in [1.82, 2.24) is 9.97 Å². The summed E-state index contributed by atoms with van der Waals surface area (Å²) in [7, 11) is -1.38. The van der Waals surface area contributed by atoms with Crippen molar-refractivity contribution in [2.75, 3.05) is 0 Å². The molecule has 5 heteroatoms. The van der Waals surface area contributed by atoms with E-state index in [0.29, 0.717) is 6.04 Å². The van der Waals surface area contributed by atoms with E-state index in [4.69, 9.17) is 5.79 Å². The van der Waals surface area contributed by atoms with Gasteiger partial charge in [-0.2, -0.15) is 0 Å². The zero-order chi connectivity index (χ0) is 25.1. The fourth-order valence-electron chi connectivity index (χ4n) is 3.93. The molecule has 0 aliphatic heterocycles. The minimum absolute atomic E-state index is 0. The number of nitrogens with zero attached hydrogens (tertiary/aromatic N) is 2. The first kappa shape index (κ1) is 24.3. The van der Waals surface area contributed by atoms with Gasteiger partial charge in [0.05, 0.1) is 15.0 Å². The van der Waals surface area contributed by atoms with Crippen molar-refractivity contribution in [2.24, 2.45) is 0 Å². The molecule has 0 atom stereocenters. The van der Waals surface area contributed by atoms with Crippen LogP contribution in [0, 0.1) is 12.1 Å². The second-order valence-electron chi connectivity index (χ2n) is 9.29. The summed E-state index contributed by atoms with van der Waals surface area (Å²) in [5.41, 5.74) is 5.22. The van der Waals surface area contributed by atoms with Crippen LogP contribution < -0.4 is 5.19 Å². The summed E-state index contributed by atoms with van der Waals surface area (Å²) in [6, 6.07) is 34.4. The third-order valence-electron chi connectivity index (χ3n) is 5.81. The van der Waals surface area contributed by atoms with Gasteiger partial charge in [0.15, 0.2) is 0 Å². The molecule has 0 fully saturated rings. The Morgan fingerprint density at radius 3 is 2.31 bits per heavy atom. The summed E-state index contributed by atoms with van der Waals surface area (Å²) in [4.78, 5) is 8.60. The second-order valence-corrected chi connectivity index (χ2v) is 14.4. The molecule has 1 radical (unpaired) electrons. The largest absolute Gasteiger partial charge is 0.501 e. The number of hydrogen-bond donors (Lipinski definition) is 0. The predicted octanol–water partition coefficient (Wildman–Crippen LogP) is 7.54. The first-order chi connectivity index (χ1) is 17.4. The summed E-state index contributed by atoms with van der Waals surface area (Å²) < 4.78 is 13.9. The van der Waals surface area contributed by atoms with Crippen LogP contribution in [0.15, 0.2) is 108 Å². The molecule has 0 saturated heterocycles. The van der Waals surface area contributed by atoms with Gasteiger partial charge in [0.1, 0.15) is 5.58 Å². The molecule has 0 spiro atoms. The normalized spacial score (nSPS) is 11.4. The maximum atomic E-state index is 7.82. The molecule has 3 nitrogen and oxygen atoms in total. The van der Waals surface area contributed by atoms with Gasteiger partial charge >= 0.3 is 0 Å². The Hall–Kier alpha value is -3.37. The van der Waals surface area contributed by atoms with Gasteiger partial charge in [-0.3, -0.25) is 0 Å². The molecular formula is C31H26IrN2OSi-2. The predicted molar refractivity (Wildman–Crippen MR) is 147 cm³/mol. The molecule has 36 heavy (non-hydrogen) atoms. The molecule has 3 aromatic carbocycles. The number of aromatic nitrogens is 2. The quantitative estimate of drug-likeness (QED) is 0.145. The van der Waals surface area contributed by atoms with Gasteiger partial charge in [0, 0.05) is 37.9 Å². The first-order valence-corrected chi connectivity index (χ1v) is 15.1. The van der Waals surface area contributed by atoms with Gasteiger partial charge in [-0.05, 0) is 29.6 Å². The Morgan fingerprint density at radius 1 is 0.778 bits per heavy atom. The third-order valence-corrected chi connectivity index (χ3v) is 7.85. The Labute approximate surface area is 228 Å². The van der Waals surface area contributed by atoms with Crippen LogP contribution in [0.5, 0.6) is 0 Å². The summed E-state index contributed by atoms with van der Waals surface area (Å²) in [5, 5.41) is 3.64. The van der Waals surface area contributed by atoms with E-state index in [2.05, 4.69) is 59.9 Å². The standard InChI is InChI=1S/C20H18NOSi.C11H8N.Ir/c1-23(2,3)14-10-11-19-17(13-14)15-7-6-8-16(20(15)22-19)18-9-4-5-12-21-18;1-2-6-10(7-3-1)11-8-4-5-9-12-11;/h4-7,9-13H,1-3H3;1-6,8-9H;/q2*-1;/i4D;;. The van der Waals surface area contributed by atoms with Crippen LogP contribution in [0.3, 0.4) is 0 Å². The molecule has 0 N–H and O–H groups in total. The van der Waals surface area contributed by atoms with Gasteiger partial charge in [0.25, 0.3) is 0 Å². The van der Waals surface area contributed by atoms with Gasteiger partial charge < -0.3 is 14.4 Å². The first-order valence-electron chi connectivity index (χ1n) is 12.1. The van der Waals surface area contributed by atoms with Crippen molar-refractivity contribution in [3.05, 3.63) is 115 Å². The van der Waals surface area contributed by atoms with Crippen molar-refractivity contribution in [2.45, 2.75) is 19.6 Å². The van der Waals surface area contributed by atoms with E-state index in [1.165, 1.54) is 5.19 Å². The van der Waals surface area contributed by atoms with Gasteiger partial charge in [-0.1, -0.05) is 72.2 Å². The SMILES string of the molecule is [2H]c1ccnc(-c2[c-]ccc3c2oc2ccc([Si](C)(C)C)cc23)c1.[Ir].[c-]1ccccc1-c1ccccn1. The molecule has 3 heterocycles. The van der Waals surface area contributed by atoms with E-state index < -0.39 is 8.07 Å². The molecule has 0 unspecified atom stereocenters. The van der Waals surface area contributed by atoms with Gasteiger partial charge in [0.2, 0.25) is 0 Å².